The predicted octanol–water partition coefficient (Wildman–Crippen LogP) is 0.230. The van der Waals surface area contributed by atoms with Crippen LogP contribution < -0.4 is 15.4 Å². The Morgan fingerprint density at radius 1 is 1.42 bits per heavy atom. The number of benzene rings is 1. The van der Waals surface area contributed by atoms with Gasteiger partial charge >= 0.3 is 0 Å². The average molecular weight is 262 g/mol. The zero-order valence-corrected chi connectivity index (χ0v) is 10.4. The van der Waals surface area contributed by atoms with Crippen molar-refractivity contribution in [2.24, 2.45) is 0 Å². The Balaban J connectivity index is 2.04. The lowest BCUT2D eigenvalue weighted by molar-refractivity contribution is -0.134. The second-order valence-corrected chi connectivity index (χ2v) is 4.21. The highest BCUT2D eigenvalue weighted by Gasteiger charge is 2.28. The van der Waals surface area contributed by atoms with E-state index < -0.39 is 11.9 Å². The fourth-order valence-corrected chi connectivity index (χ4v) is 1.84. The minimum Gasteiger partial charge on any atom is -0.497 e. The van der Waals surface area contributed by atoms with Gasteiger partial charge in [0.05, 0.1) is 7.11 Å². The van der Waals surface area contributed by atoms with Gasteiger partial charge in [-0.3, -0.25) is 19.7 Å². The minimum absolute atomic E-state index is 0.231. The molecule has 3 amide bonds. The summed E-state index contributed by atoms with van der Waals surface area (Å²) in [6.45, 7) is 0. The number of carbonyl (C=O) groups excluding carboxylic acids is 3. The standard InChI is InChI=1S/C13H14N2O4/c1-19-9-4-2-3-8(7-9)12(17)14-10-5-6-11(16)15-13(10)18/h2-4,7,10H,5-6H2,1H3,(H,14,17)(H,15,16,18)/t10-/m1/s1. The highest BCUT2D eigenvalue weighted by atomic mass is 16.5. The largest absolute Gasteiger partial charge is 0.497 e. The molecule has 0 saturated carbocycles. The van der Waals surface area contributed by atoms with E-state index in [1.165, 1.54) is 7.11 Å². The molecule has 1 atom stereocenters. The van der Waals surface area contributed by atoms with Crippen molar-refractivity contribution in [1.82, 2.24) is 10.6 Å². The monoisotopic (exact) mass is 262 g/mol. The van der Waals surface area contributed by atoms with Crippen molar-refractivity contribution in [2.45, 2.75) is 18.9 Å². The van der Waals surface area contributed by atoms with Gasteiger partial charge < -0.3 is 10.1 Å². The number of ether oxygens (including phenoxy) is 1. The van der Waals surface area contributed by atoms with Crippen LogP contribution in [0.15, 0.2) is 24.3 Å². The molecule has 1 aromatic carbocycles. The quantitative estimate of drug-likeness (QED) is 0.764. The number of hydrogen-bond donors (Lipinski definition) is 2. The lowest BCUT2D eigenvalue weighted by atomic mass is 10.1. The molecule has 1 aromatic rings. The van der Waals surface area contributed by atoms with Crippen molar-refractivity contribution >= 4 is 17.7 Å². The molecule has 0 aromatic heterocycles. The maximum absolute atomic E-state index is 12.0. The van der Waals surface area contributed by atoms with Gasteiger partial charge in [0.15, 0.2) is 0 Å². The Kier molecular flexibility index (Phi) is 3.79. The van der Waals surface area contributed by atoms with Crippen LogP contribution in [0.25, 0.3) is 0 Å². The van der Waals surface area contributed by atoms with Crippen LogP contribution in [0.5, 0.6) is 5.75 Å². The van der Waals surface area contributed by atoms with Gasteiger partial charge in [-0.05, 0) is 24.6 Å². The van der Waals surface area contributed by atoms with Gasteiger partial charge in [0, 0.05) is 12.0 Å². The Morgan fingerprint density at radius 2 is 2.21 bits per heavy atom. The van der Waals surface area contributed by atoms with E-state index >= 15 is 0 Å². The summed E-state index contributed by atoms with van der Waals surface area (Å²) in [5.74, 6) is -0.575. The number of piperidine rings is 1. The third kappa shape index (κ3) is 3.09. The summed E-state index contributed by atoms with van der Waals surface area (Å²) in [4.78, 5) is 34.5. The smallest absolute Gasteiger partial charge is 0.252 e. The molecule has 6 heteroatoms. The molecular formula is C13H14N2O4. The highest BCUT2D eigenvalue weighted by molar-refractivity contribution is 6.03. The van der Waals surface area contributed by atoms with Crippen LogP contribution in [-0.4, -0.2) is 30.9 Å². The Bertz CT molecular complexity index is 527. The van der Waals surface area contributed by atoms with E-state index in [0.29, 0.717) is 17.7 Å². The first-order chi connectivity index (χ1) is 9.10. The normalized spacial score (nSPS) is 18.7. The maximum Gasteiger partial charge on any atom is 0.252 e. The molecule has 1 aliphatic rings. The van der Waals surface area contributed by atoms with Crippen molar-refractivity contribution in [2.75, 3.05) is 7.11 Å². The van der Waals surface area contributed by atoms with Gasteiger partial charge in [-0.15, -0.1) is 0 Å². The molecule has 2 N–H and O–H groups in total. The average Bonchev–Trinajstić information content (AvgIpc) is 2.42. The van der Waals surface area contributed by atoms with Gasteiger partial charge in [0.1, 0.15) is 11.8 Å². The molecule has 100 valence electrons. The number of methoxy groups -OCH3 is 1. The molecule has 0 radical (unpaired) electrons. The predicted molar refractivity (Wildman–Crippen MR) is 66.6 cm³/mol. The summed E-state index contributed by atoms with van der Waals surface area (Å²) in [6.07, 6.45) is 0.551. The van der Waals surface area contributed by atoms with Gasteiger partial charge in [0.2, 0.25) is 11.8 Å². The number of imide groups is 1. The molecule has 0 bridgehead atoms. The van der Waals surface area contributed by atoms with Gasteiger partial charge in [-0.25, -0.2) is 0 Å². The number of carbonyl (C=O) groups is 3. The van der Waals surface area contributed by atoms with E-state index in [-0.39, 0.29) is 18.2 Å². The second kappa shape index (κ2) is 5.51. The van der Waals surface area contributed by atoms with Crippen molar-refractivity contribution < 1.29 is 19.1 Å². The van der Waals surface area contributed by atoms with Crippen LogP contribution in [0.2, 0.25) is 0 Å². The van der Waals surface area contributed by atoms with Crippen LogP contribution in [0.1, 0.15) is 23.2 Å². The zero-order valence-electron chi connectivity index (χ0n) is 10.4. The molecule has 1 aliphatic heterocycles. The van der Waals surface area contributed by atoms with Crippen molar-refractivity contribution in [3.63, 3.8) is 0 Å². The third-order valence-corrected chi connectivity index (χ3v) is 2.88. The van der Waals surface area contributed by atoms with Crippen LogP contribution >= 0.6 is 0 Å². The minimum atomic E-state index is -0.670. The molecule has 1 saturated heterocycles. The summed E-state index contributed by atoms with van der Waals surface area (Å²) >= 11 is 0. The van der Waals surface area contributed by atoms with E-state index in [2.05, 4.69) is 10.6 Å². The molecule has 2 rings (SSSR count). The van der Waals surface area contributed by atoms with E-state index in [0.717, 1.165) is 0 Å². The van der Waals surface area contributed by atoms with E-state index in [4.69, 9.17) is 4.74 Å². The third-order valence-electron chi connectivity index (χ3n) is 2.88. The summed E-state index contributed by atoms with van der Waals surface area (Å²) in [5.41, 5.74) is 0.407. The molecule has 0 spiro atoms. The van der Waals surface area contributed by atoms with Crippen LogP contribution in [0, 0.1) is 0 Å². The molecule has 0 aliphatic carbocycles. The van der Waals surface area contributed by atoms with Gasteiger partial charge in [-0.2, -0.15) is 0 Å². The second-order valence-electron chi connectivity index (χ2n) is 4.21. The molecule has 1 heterocycles. The Hall–Kier alpha value is -2.37. The SMILES string of the molecule is COc1cccc(C(=O)N[C@@H]2CCC(=O)NC2=O)c1. The van der Waals surface area contributed by atoms with E-state index in [1.807, 2.05) is 0 Å². The molecule has 1 fully saturated rings. The van der Waals surface area contributed by atoms with Crippen LogP contribution in [0.3, 0.4) is 0 Å². The molecule has 19 heavy (non-hydrogen) atoms. The van der Waals surface area contributed by atoms with Crippen molar-refractivity contribution in [3.05, 3.63) is 29.8 Å². The van der Waals surface area contributed by atoms with Crippen molar-refractivity contribution in [3.8, 4) is 5.75 Å². The van der Waals surface area contributed by atoms with Crippen molar-refractivity contribution in [1.29, 1.82) is 0 Å². The number of amides is 3. The van der Waals surface area contributed by atoms with E-state index in [1.54, 1.807) is 24.3 Å². The zero-order chi connectivity index (χ0) is 13.8. The summed E-state index contributed by atoms with van der Waals surface area (Å²) in [6, 6.07) is 5.96. The Morgan fingerprint density at radius 3 is 2.89 bits per heavy atom. The highest BCUT2D eigenvalue weighted by Crippen LogP contribution is 2.13. The molecular weight excluding hydrogens is 248 g/mol. The maximum atomic E-state index is 12.0. The van der Waals surface area contributed by atoms with Crippen LogP contribution in [0.4, 0.5) is 0 Å². The fourth-order valence-electron chi connectivity index (χ4n) is 1.84. The Labute approximate surface area is 110 Å². The molecule has 0 unspecified atom stereocenters. The summed E-state index contributed by atoms with van der Waals surface area (Å²) < 4.78 is 5.03. The lowest BCUT2D eigenvalue weighted by Gasteiger charge is -2.21. The fraction of sp³-hybridized carbons (Fsp3) is 0.308. The topological polar surface area (TPSA) is 84.5 Å². The first-order valence-corrected chi connectivity index (χ1v) is 5.89. The lowest BCUT2D eigenvalue weighted by Crippen LogP contribution is -2.52. The number of hydrogen-bond acceptors (Lipinski definition) is 4. The van der Waals surface area contributed by atoms with E-state index in [9.17, 15) is 14.4 Å². The number of rotatable bonds is 3. The van der Waals surface area contributed by atoms with Gasteiger partial charge in [0.25, 0.3) is 5.91 Å². The summed E-state index contributed by atoms with van der Waals surface area (Å²) in [5, 5.41) is 4.79. The summed E-state index contributed by atoms with van der Waals surface area (Å²) in [7, 11) is 1.51. The number of nitrogens with one attached hydrogen (secondary N) is 2. The first kappa shape index (κ1) is 13.1. The first-order valence-electron chi connectivity index (χ1n) is 5.89. The molecule has 6 nitrogen and oxygen atoms in total. The van der Waals surface area contributed by atoms with Gasteiger partial charge in [-0.1, -0.05) is 6.07 Å². The van der Waals surface area contributed by atoms with Crippen LogP contribution in [-0.2, 0) is 9.59 Å².